The molecular formula is C13H13Cl2FN4O. The van der Waals surface area contributed by atoms with Crippen molar-refractivity contribution < 1.29 is 9.18 Å². The summed E-state index contributed by atoms with van der Waals surface area (Å²) in [4.78, 5) is 10.8. The summed E-state index contributed by atoms with van der Waals surface area (Å²) in [7, 11) is 0. The molecule has 0 bridgehead atoms. The van der Waals surface area contributed by atoms with E-state index in [0.717, 1.165) is 0 Å². The molecule has 3 N–H and O–H groups in total. The third-order valence-electron chi connectivity index (χ3n) is 2.85. The molecule has 0 spiro atoms. The first kappa shape index (κ1) is 15.6. The number of benzene rings is 1. The number of hydrogen-bond acceptors (Lipinski definition) is 3. The second-order valence-corrected chi connectivity index (χ2v) is 5.30. The Kier molecular flexibility index (Phi) is 4.69. The van der Waals surface area contributed by atoms with Gasteiger partial charge in [0.2, 0.25) is 5.91 Å². The maximum atomic E-state index is 13.5. The number of rotatable bonds is 5. The zero-order chi connectivity index (χ0) is 15.6. The number of halogens is 3. The molecule has 1 unspecified atom stereocenters. The quantitative estimate of drug-likeness (QED) is 0.827. The molecule has 1 aromatic heterocycles. The molecule has 0 aliphatic rings. The lowest BCUT2D eigenvalue weighted by Gasteiger charge is -2.17. The lowest BCUT2D eigenvalue weighted by molar-refractivity contribution is -0.118. The van der Waals surface area contributed by atoms with E-state index in [4.69, 9.17) is 28.9 Å². The fourth-order valence-electron chi connectivity index (χ4n) is 1.95. The number of anilines is 1. The lowest BCUT2D eigenvalue weighted by atomic mass is 10.1. The van der Waals surface area contributed by atoms with Crippen LogP contribution in [0.2, 0.25) is 10.0 Å². The van der Waals surface area contributed by atoms with Crippen molar-refractivity contribution in [3.05, 3.63) is 46.0 Å². The van der Waals surface area contributed by atoms with Gasteiger partial charge in [0.05, 0.1) is 22.9 Å². The molecular weight excluding hydrogens is 318 g/mol. The van der Waals surface area contributed by atoms with E-state index < -0.39 is 11.7 Å². The predicted octanol–water partition coefficient (Wildman–Crippen LogP) is 2.99. The third kappa shape index (κ3) is 3.65. The van der Waals surface area contributed by atoms with Crippen molar-refractivity contribution in [3.63, 3.8) is 0 Å². The van der Waals surface area contributed by atoms with Crippen LogP contribution in [0.3, 0.4) is 0 Å². The third-order valence-corrected chi connectivity index (χ3v) is 3.56. The van der Waals surface area contributed by atoms with Crippen LogP contribution in [0.4, 0.5) is 10.1 Å². The van der Waals surface area contributed by atoms with Crippen molar-refractivity contribution in [2.45, 2.75) is 19.5 Å². The van der Waals surface area contributed by atoms with E-state index >= 15 is 0 Å². The summed E-state index contributed by atoms with van der Waals surface area (Å²) >= 11 is 12.0. The number of amides is 1. The van der Waals surface area contributed by atoms with Gasteiger partial charge < -0.3 is 11.1 Å². The largest absolute Gasteiger partial charge is 0.376 e. The van der Waals surface area contributed by atoms with Crippen LogP contribution >= 0.6 is 23.2 Å². The molecule has 2 rings (SSSR count). The van der Waals surface area contributed by atoms with Gasteiger partial charge in [-0.1, -0.05) is 23.2 Å². The lowest BCUT2D eigenvalue weighted by Crippen LogP contribution is -2.18. The molecule has 0 radical (unpaired) electrons. The zero-order valence-corrected chi connectivity index (χ0v) is 12.6. The Balaban J connectivity index is 2.18. The van der Waals surface area contributed by atoms with Gasteiger partial charge in [-0.3, -0.25) is 9.48 Å². The molecule has 1 atom stereocenters. The monoisotopic (exact) mass is 330 g/mol. The Morgan fingerprint density at radius 1 is 1.52 bits per heavy atom. The molecule has 1 aromatic carbocycles. The Hall–Kier alpha value is -1.79. The van der Waals surface area contributed by atoms with Gasteiger partial charge in [0.15, 0.2) is 0 Å². The number of primary amides is 1. The van der Waals surface area contributed by atoms with Crippen LogP contribution in [0.5, 0.6) is 0 Å². The summed E-state index contributed by atoms with van der Waals surface area (Å²) in [6.07, 6.45) is 3.14. The number of carbonyl (C=O) groups excluding carboxylic acids is 1. The first-order chi connectivity index (χ1) is 9.88. The van der Waals surface area contributed by atoms with Crippen LogP contribution in [0.25, 0.3) is 0 Å². The summed E-state index contributed by atoms with van der Waals surface area (Å²) in [5.74, 6) is -1.02. The number of nitrogens with one attached hydrogen (secondary N) is 1. The summed E-state index contributed by atoms with van der Waals surface area (Å²) in [5.41, 5.74) is 6.18. The highest BCUT2D eigenvalue weighted by Crippen LogP contribution is 2.33. The van der Waals surface area contributed by atoms with Crippen molar-refractivity contribution in [1.82, 2.24) is 9.78 Å². The highest BCUT2D eigenvalue weighted by molar-refractivity contribution is 6.36. The standard InChI is InChI=1S/C13H13Cl2FN4O/c1-7(12-9(14)2-3-10(16)13(12)15)19-8-4-18-20(5-8)6-11(17)21/h2-5,7,19H,6H2,1H3,(H2,17,21). The normalized spacial score (nSPS) is 12.2. The molecule has 21 heavy (non-hydrogen) atoms. The van der Waals surface area contributed by atoms with Crippen LogP contribution in [0, 0.1) is 5.82 Å². The van der Waals surface area contributed by atoms with E-state index in [9.17, 15) is 9.18 Å². The van der Waals surface area contributed by atoms with Gasteiger partial charge in [-0.15, -0.1) is 0 Å². The molecule has 0 fully saturated rings. The van der Waals surface area contributed by atoms with Gasteiger partial charge in [-0.2, -0.15) is 5.10 Å². The molecule has 1 heterocycles. The number of carbonyl (C=O) groups is 1. The molecule has 8 heteroatoms. The maximum absolute atomic E-state index is 13.5. The average Bonchev–Trinajstić information content (AvgIpc) is 2.80. The summed E-state index contributed by atoms with van der Waals surface area (Å²) < 4.78 is 14.9. The number of nitrogens with two attached hydrogens (primary N) is 1. The van der Waals surface area contributed by atoms with E-state index in [0.29, 0.717) is 16.3 Å². The summed E-state index contributed by atoms with van der Waals surface area (Å²) in [5, 5.41) is 7.41. The number of hydrogen-bond donors (Lipinski definition) is 2. The van der Waals surface area contributed by atoms with Crippen LogP contribution < -0.4 is 11.1 Å². The van der Waals surface area contributed by atoms with Crippen molar-refractivity contribution >= 4 is 34.8 Å². The second-order valence-electron chi connectivity index (χ2n) is 4.52. The fraction of sp³-hybridized carbons (Fsp3) is 0.231. The van der Waals surface area contributed by atoms with Crippen LogP contribution in [0.1, 0.15) is 18.5 Å². The molecule has 1 amide bonds. The molecule has 2 aromatic rings. The molecule has 0 saturated heterocycles. The Morgan fingerprint density at radius 3 is 2.90 bits per heavy atom. The highest BCUT2D eigenvalue weighted by Gasteiger charge is 2.17. The van der Waals surface area contributed by atoms with Crippen LogP contribution in [0.15, 0.2) is 24.5 Å². The Labute approximate surface area is 130 Å². The Bertz CT molecular complexity index is 674. The van der Waals surface area contributed by atoms with Gasteiger partial charge in [0.1, 0.15) is 12.4 Å². The zero-order valence-electron chi connectivity index (χ0n) is 11.1. The first-order valence-corrected chi connectivity index (χ1v) is 6.84. The van der Waals surface area contributed by atoms with Crippen molar-refractivity contribution in [3.8, 4) is 0 Å². The minimum Gasteiger partial charge on any atom is -0.376 e. The van der Waals surface area contributed by atoms with Crippen LogP contribution in [-0.4, -0.2) is 15.7 Å². The van der Waals surface area contributed by atoms with Gasteiger partial charge >= 0.3 is 0 Å². The molecule has 0 aliphatic heterocycles. The molecule has 112 valence electrons. The minimum absolute atomic E-state index is 0.0163. The smallest absolute Gasteiger partial charge is 0.239 e. The van der Waals surface area contributed by atoms with Gasteiger partial charge in [-0.25, -0.2) is 4.39 Å². The minimum atomic E-state index is -0.533. The highest BCUT2D eigenvalue weighted by atomic mass is 35.5. The number of nitrogens with zero attached hydrogens (tertiary/aromatic N) is 2. The van der Waals surface area contributed by atoms with E-state index in [1.54, 1.807) is 13.1 Å². The summed E-state index contributed by atoms with van der Waals surface area (Å²) in [6, 6.07) is 2.32. The maximum Gasteiger partial charge on any atom is 0.239 e. The fourth-order valence-corrected chi connectivity index (χ4v) is 2.64. The van der Waals surface area contributed by atoms with Crippen molar-refractivity contribution in [1.29, 1.82) is 0 Å². The number of aromatic nitrogens is 2. The summed E-state index contributed by atoms with van der Waals surface area (Å²) in [6.45, 7) is 1.77. The SMILES string of the molecule is CC(Nc1cnn(CC(N)=O)c1)c1c(Cl)ccc(F)c1Cl. The van der Waals surface area contributed by atoms with Gasteiger partial charge in [0.25, 0.3) is 0 Å². The second kappa shape index (κ2) is 6.32. The van der Waals surface area contributed by atoms with Crippen molar-refractivity contribution in [2.24, 2.45) is 5.73 Å². The molecule has 0 aliphatic carbocycles. The van der Waals surface area contributed by atoms with E-state index in [-0.39, 0.29) is 17.6 Å². The van der Waals surface area contributed by atoms with Crippen molar-refractivity contribution in [2.75, 3.05) is 5.32 Å². The Morgan fingerprint density at radius 2 is 2.24 bits per heavy atom. The average molecular weight is 331 g/mol. The molecule has 0 saturated carbocycles. The van der Waals surface area contributed by atoms with Gasteiger partial charge in [0, 0.05) is 16.8 Å². The van der Waals surface area contributed by atoms with E-state index in [1.807, 2.05) is 0 Å². The topological polar surface area (TPSA) is 72.9 Å². The predicted molar refractivity (Wildman–Crippen MR) is 79.9 cm³/mol. The first-order valence-electron chi connectivity index (χ1n) is 6.09. The molecule has 5 nitrogen and oxygen atoms in total. The van der Waals surface area contributed by atoms with E-state index in [1.165, 1.54) is 23.0 Å². The van der Waals surface area contributed by atoms with Gasteiger partial charge in [-0.05, 0) is 19.1 Å². The van der Waals surface area contributed by atoms with Crippen LogP contribution in [-0.2, 0) is 11.3 Å². The van der Waals surface area contributed by atoms with E-state index in [2.05, 4.69) is 10.4 Å².